The first-order valence-corrected chi connectivity index (χ1v) is 9.68. The van der Waals surface area contributed by atoms with E-state index in [9.17, 15) is 4.79 Å². The zero-order valence-electron chi connectivity index (χ0n) is 16.2. The number of para-hydroxylation sites is 2. The summed E-state index contributed by atoms with van der Waals surface area (Å²) in [7, 11) is 0. The molecular formula is C22H25N3O3. The molecule has 0 spiro atoms. The molecule has 1 fully saturated rings. The lowest BCUT2D eigenvalue weighted by Crippen LogP contribution is -2.45. The fourth-order valence-electron chi connectivity index (χ4n) is 3.76. The van der Waals surface area contributed by atoms with Gasteiger partial charge in [-0.1, -0.05) is 47.6 Å². The first-order chi connectivity index (χ1) is 13.6. The normalized spacial score (nSPS) is 24.4. The lowest BCUT2D eigenvalue weighted by molar-refractivity contribution is -0.125. The number of nitrogens with zero attached hydrogens (tertiary/aromatic N) is 2. The van der Waals surface area contributed by atoms with Crippen LogP contribution in [0.4, 0.5) is 11.4 Å². The Morgan fingerprint density at radius 2 is 1.71 bits per heavy atom. The molecule has 146 valence electrons. The molecule has 0 radical (unpaired) electrons. The average molecular weight is 379 g/mol. The summed E-state index contributed by atoms with van der Waals surface area (Å²) in [6.07, 6.45) is 0.134. The van der Waals surface area contributed by atoms with Gasteiger partial charge in [0.15, 0.2) is 0 Å². The molecule has 1 saturated heterocycles. The number of carbonyl (C=O) groups is 1. The molecule has 0 aliphatic carbocycles. The first-order valence-electron chi connectivity index (χ1n) is 9.68. The van der Waals surface area contributed by atoms with E-state index in [1.165, 1.54) is 0 Å². The van der Waals surface area contributed by atoms with Crippen LogP contribution in [0.1, 0.15) is 25.8 Å². The van der Waals surface area contributed by atoms with Crippen LogP contribution >= 0.6 is 0 Å². The fourth-order valence-corrected chi connectivity index (χ4v) is 3.76. The summed E-state index contributed by atoms with van der Waals surface area (Å²) < 4.78 is 5.83. The van der Waals surface area contributed by atoms with Crippen molar-refractivity contribution in [3.8, 4) is 0 Å². The maximum Gasteiger partial charge on any atom is 0.268 e. The van der Waals surface area contributed by atoms with E-state index >= 15 is 0 Å². The highest BCUT2D eigenvalue weighted by atomic mass is 16.6. The monoisotopic (exact) mass is 379 g/mol. The third-order valence-corrected chi connectivity index (χ3v) is 4.99. The minimum absolute atomic E-state index is 0.146. The van der Waals surface area contributed by atoms with Crippen LogP contribution < -0.4 is 10.2 Å². The van der Waals surface area contributed by atoms with Gasteiger partial charge in [0.25, 0.3) is 5.91 Å². The maximum atomic E-state index is 12.8. The van der Waals surface area contributed by atoms with Gasteiger partial charge in [-0.15, -0.1) is 0 Å². The van der Waals surface area contributed by atoms with Crippen molar-refractivity contribution in [2.45, 2.75) is 38.6 Å². The van der Waals surface area contributed by atoms with Gasteiger partial charge in [-0.3, -0.25) is 4.79 Å². The van der Waals surface area contributed by atoms with Gasteiger partial charge in [0.2, 0.25) is 6.10 Å². The second kappa shape index (κ2) is 8.02. The van der Waals surface area contributed by atoms with Crippen molar-refractivity contribution < 1.29 is 14.4 Å². The van der Waals surface area contributed by atoms with E-state index in [-0.39, 0.29) is 18.1 Å². The number of hydrogen-bond donors (Lipinski definition) is 1. The number of oxime groups is 1. The van der Waals surface area contributed by atoms with E-state index in [2.05, 4.69) is 29.2 Å². The Hall–Kier alpha value is -2.86. The van der Waals surface area contributed by atoms with Gasteiger partial charge in [-0.25, -0.2) is 0 Å². The first kappa shape index (κ1) is 18.5. The van der Waals surface area contributed by atoms with Crippen molar-refractivity contribution in [2.24, 2.45) is 5.16 Å². The summed E-state index contributed by atoms with van der Waals surface area (Å²) in [5.41, 5.74) is 3.56. The molecule has 6 heteroatoms. The van der Waals surface area contributed by atoms with Crippen LogP contribution in [0.5, 0.6) is 0 Å². The molecule has 1 amide bonds. The summed E-state index contributed by atoms with van der Waals surface area (Å²) in [6, 6.07) is 17.7. The Morgan fingerprint density at radius 1 is 1.04 bits per heavy atom. The smallest absolute Gasteiger partial charge is 0.268 e. The molecule has 2 heterocycles. The topological polar surface area (TPSA) is 63.2 Å². The minimum atomic E-state index is -0.620. The van der Waals surface area contributed by atoms with Crippen molar-refractivity contribution in [2.75, 3.05) is 23.3 Å². The van der Waals surface area contributed by atoms with E-state index in [0.29, 0.717) is 6.42 Å². The van der Waals surface area contributed by atoms with Gasteiger partial charge in [-0.05, 0) is 31.5 Å². The summed E-state index contributed by atoms with van der Waals surface area (Å²) in [5, 5.41) is 7.14. The van der Waals surface area contributed by atoms with E-state index in [1.807, 2.05) is 54.6 Å². The Labute approximate surface area is 165 Å². The highest BCUT2D eigenvalue weighted by Gasteiger charge is 2.30. The van der Waals surface area contributed by atoms with E-state index < -0.39 is 6.10 Å². The quantitative estimate of drug-likeness (QED) is 0.884. The predicted molar refractivity (Wildman–Crippen MR) is 110 cm³/mol. The Kier molecular flexibility index (Phi) is 5.30. The SMILES string of the molecule is C[C@@H]1CN(c2ccccc2NC(=O)[C@H]2CC(c3ccccc3)=NO2)C[C@@H](C)O1. The number of morpholine rings is 1. The molecule has 0 aromatic heterocycles. The molecule has 2 aliphatic heterocycles. The van der Waals surface area contributed by atoms with Crippen LogP contribution in [0.2, 0.25) is 0 Å². The minimum Gasteiger partial charge on any atom is -0.382 e. The standard InChI is InChI=1S/C22H25N3O3/c1-15-13-25(14-16(2)27-15)20-11-7-6-10-18(20)23-22(26)21-12-19(24-28-21)17-8-4-3-5-9-17/h3-11,15-16,21H,12-14H2,1-2H3,(H,23,26)/t15-,16-,21-/m1/s1. The molecule has 0 saturated carbocycles. The number of anilines is 2. The van der Waals surface area contributed by atoms with Crippen molar-refractivity contribution in [1.29, 1.82) is 0 Å². The lowest BCUT2D eigenvalue weighted by atomic mass is 10.0. The molecule has 2 aromatic rings. The largest absolute Gasteiger partial charge is 0.382 e. The van der Waals surface area contributed by atoms with Crippen LogP contribution in [0.25, 0.3) is 0 Å². The van der Waals surface area contributed by atoms with Gasteiger partial charge < -0.3 is 19.8 Å². The third-order valence-electron chi connectivity index (χ3n) is 4.99. The highest BCUT2D eigenvalue weighted by molar-refractivity contribution is 6.06. The van der Waals surface area contributed by atoms with Gasteiger partial charge in [0.05, 0.1) is 29.3 Å². The van der Waals surface area contributed by atoms with Crippen molar-refractivity contribution in [3.05, 3.63) is 60.2 Å². The number of hydrogen-bond acceptors (Lipinski definition) is 5. The van der Waals surface area contributed by atoms with Crippen LogP contribution in [-0.2, 0) is 14.4 Å². The van der Waals surface area contributed by atoms with Gasteiger partial charge in [0.1, 0.15) is 0 Å². The molecule has 2 aromatic carbocycles. The highest BCUT2D eigenvalue weighted by Crippen LogP contribution is 2.29. The van der Waals surface area contributed by atoms with Crippen molar-refractivity contribution in [3.63, 3.8) is 0 Å². The zero-order chi connectivity index (χ0) is 19.5. The number of ether oxygens (including phenoxy) is 1. The van der Waals surface area contributed by atoms with E-state index in [1.54, 1.807) is 0 Å². The number of benzene rings is 2. The van der Waals surface area contributed by atoms with Crippen LogP contribution in [0, 0.1) is 0 Å². The summed E-state index contributed by atoms with van der Waals surface area (Å²) in [6.45, 7) is 5.72. The molecule has 6 nitrogen and oxygen atoms in total. The third kappa shape index (κ3) is 4.02. The number of rotatable bonds is 4. The maximum absolute atomic E-state index is 12.8. The molecule has 3 atom stereocenters. The summed E-state index contributed by atoms with van der Waals surface area (Å²) in [5.74, 6) is -0.184. The van der Waals surface area contributed by atoms with E-state index in [4.69, 9.17) is 9.57 Å². The fraction of sp³-hybridized carbons (Fsp3) is 0.364. The predicted octanol–water partition coefficient (Wildman–Crippen LogP) is 3.43. The zero-order valence-corrected chi connectivity index (χ0v) is 16.2. The Morgan fingerprint density at radius 3 is 2.46 bits per heavy atom. The molecule has 28 heavy (non-hydrogen) atoms. The molecular weight excluding hydrogens is 354 g/mol. The molecule has 1 N–H and O–H groups in total. The van der Waals surface area contributed by atoms with Gasteiger partial charge in [0, 0.05) is 19.5 Å². The number of carbonyl (C=O) groups excluding carboxylic acids is 1. The molecule has 0 unspecified atom stereocenters. The molecule has 4 rings (SSSR count). The molecule has 0 bridgehead atoms. The summed E-state index contributed by atoms with van der Waals surface area (Å²) in [4.78, 5) is 20.5. The van der Waals surface area contributed by atoms with Crippen LogP contribution in [-0.4, -0.2) is 43.0 Å². The van der Waals surface area contributed by atoms with Crippen molar-refractivity contribution >= 4 is 23.0 Å². The van der Waals surface area contributed by atoms with Crippen LogP contribution in [0.3, 0.4) is 0 Å². The Bertz CT molecular complexity index is 858. The Balaban J connectivity index is 1.45. The van der Waals surface area contributed by atoms with Crippen LogP contribution in [0.15, 0.2) is 59.8 Å². The average Bonchev–Trinajstić information content (AvgIpc) is 3.19. The number of nitrogens with one attached hydrogen (secondary N) is 1. The second-order valence-corrected chi connectivity index (χ2v) is 7.37. The second-order valence-electron chi connectivity index (χ2n) is 7.37. The van der Waals surface area contributed by atoms with Gasteiger partial charge in [-0.2, -0.15) is 0 Å². The van der Waals surface area contributed by atoms with Gasteiger partial charge >= 0.3 is 0 Å². The van der Waals surface area contributed by atoms with Crippen molar-refractivity contribution in [1.82, 2.24) is 0 Å². The summed E-state index contributed by atoms with van der Waals surface area (Å²) >= 11 is 0. The molecule has 2 aliphatic rings. The lowest BCUT2D eigenvalue weighted by Gasteiger charge is -2.37. The van der Waals surface area contributed by atoms with E-state index in [0.717, 1.165) is 35.7 Å². The number of amides is 1.